The highest BCUT2D eigenvalue weighted by molar-refractivity contribution is 6.31. The first-order chi connectivity index (χ1) is 8.68. The second kappa shape index (κ2) is 5.51. The molecule has 0 aliphatic heterocycles. The molecule has 0 aliphatic rings. The van der Waals surface area contributed by atoms with Gasteiger partial charge in [-0.05, 0) is 18.2 Å². The number of nitrogen functional groups attached to an aromatic ring is 1. The number of aromatic nitrogens is 1. The Hall–Kier alpha value is -2.07. The van der Waals surface area contributed by atoms with Gasteiger partial charge in [0.05, 0.1) is 5.69 Å². The second-order valence-corrected chi connectivity index (χ2v) is 4.02. The molecular weight excluding hydrogens is 252 g/mol. The van der Waals surface area contributed by atoms with Crippen molar-refractivity contribution in [2.45, 2.75) is 6.61 Å². The van der Waals surface area contributed by atoms with Crippen LogP contribution in [0.1, 0.15) is 16.1 Å². The summed E-state index contributed by atoms with van der Waals surface area (Å²) in [6.07, 6.45) is 1.49. The predicted octanol–water partition coefficient (Wildman–Crippen LogP) is 2.67. The van der Waals surface area contributed by atoms with Crippen molar-refractivity contribution in [2.75, 3.05) is 5.73 Å². The molecule has 0 radical (unpaired) electrons. The fraction of sp³-hybridized carbons (Fsp3) is 0.0769. The van der Waals surface area contributed by atoms with Gasteiger partial charge in [-0.2, -0.15) is 0 Å². The molecule has 0 aliphatic carbocycles. The van der Waals surface area contributed by atoms with Crippen LogP contribution in [0.15, 0.2) is 42.6 Å². The molecule has 0 saturated carbocycles. The predicted molar refractivity (Wildman–Crippen MR) is 69.2 cm³/mol. The number of hydrogen-bond donors (Lipinski definition) is 1. The minimum Gasteiger partial charge on any atom is -0.456 e. The number of ether oxygens (including phenoxy) is 1. The van der Waals surface area contributed by atoms with Gasteiger partial charge in [0.1, 0.15) is 6.61 Å². The SMILES string of the molecule is Nc1cccnc1C(=O)OCc1ccccc1Cl. The molecule has 1 aromatic carbocycles. The van der Waals surface area contributed by atoms with E-state index in [0.29, 0.717) is 10.7 Å². The number of hydrogen-bond acceptors (Lipinski definition) is 4. The Morgan fingerprint density at radius 2 is 2.06 bits per heavy atom. The fourth-order valence-corrected chi connectivity index (χ4v) is 1.61. The number of carbonyl (C=O) groups excluding carboxylic acids is 1. The number of halogens is 1. The summed E-state index contributed by atoms with van der Waals surface area (Å²) < 4.78 is 5.11. The average molecular weight is 263 g/mol. The van der Waals surface area contributed by atoms with Gasteiger partial charge in [-0.3, -0.25) is 0 Å². The summed E-state index contributed by atoms with van der Waals surface area (Å²) in [5, 5.41) is 0.555. The maximum Gasteiger partial charge on any atom is 0.359 e. The van der Waals surface area contributed by atoms with Gasteiger partial charge in [-0.25, -0.2) is 9.78 Å². The molecule has 5 heteroatoms. The number of nitrogens with two attached hydrogens (primary N) is 1. The lowest BCUT2D eigenvalue weighted by molar-refractivity contribution is 0.0467. The fourth-order valence-electron chi connectivity index (χ4n) is 1.42. The lowest BCUT2D eigenvalue weighted by Crippen LogP contribution is -2.10. The van der Waals surface area contributed by atoms with Crippen LogP contribution in [-0.4, -0.2) is 11.0 Å². The Bertz CT molecular complexity index is 572. The Morgan fingerprint density at radius 1 is 1.28 bits per heavy atom. The van der Waals surface area contributed by atoms with Gasteiger partial charge in [0, 0.05) is 16.8 Å². The number of benzene rings is 1. The van der Waals surface area contributed by atoms with Crippen LogP contribution < -0.4 is 5.73 Å². The minimum absolute atomic E-state index is 0.0918. The largest absolute Gasteiger partial charge is 0.456 e. The number of carbonyl (C=O) groups is 1. The smallest absolute Gasteiger partial charge is 0.359 e. The summed E-state index contributed by atoms with van der Waals surface area (Å²) in [5.74, 6) is -0.562. The molecule has 2 N–H and O–H groups in total. The van der Waals surface area contributed by atoms with Gasteiger partial charge in [0.2, 0.25) is 0 Å². The van der Waals surface area contributed by atoms with Crippen molar-refractivity contribution in [3.8, 4) is 0 Å². The lowest BCUT2D eigenvalue weighted by Gasteiger charge is -2.07. The zero-order chi connectivity index (χ0) is 13.0. The summed E-state index contributed by atoms with van der Waals surface area (Å²) in [5.41, 5.74) is 6.78. The third kappa shape index (κ3) is 2.78. The number of nitrogens with zero attached hydrogens (tertiary/aromatic N) is 1. The van der Waals surface area contributed by atoms with Crippen molar-refractivity contribution in [3.05, 3.63) is 58.9 Å². The minimum atomic E-state index is -0.562. The van der Waals surface area contributed by atoms with Gasteiger partial charge in [0.15, 0.2) is 5.69 Å². The van der Waals surface area contributed by atoms with Crippen LogP contribution in [0.25, 0.3) is 0 Å². The quantitative estimate of drug-likeness (QED) is 0.864. The third-order valence-corrected chi connectivity index (χ3v) is 2.72. The molecule has 0 unspecified atom stereocenters. The Labute approximate surface area is 109 Å². The molecule has 2 rings (SSSR count). The van der Waals surface area contributed by atoms with E-state index in [0.717, 1.165) is 5.56 Å². The Morgan fingerprint density at radius 3 is 2.78 bits per heavy atom. The third-order valence-electron chi connectivity index (χ3n) is 2.35. The number of rotatable bonds is 3. The number of esters is 1. The van der Waals surface area contributed by atoms with Crippen molar-refractivity contribution in [1.82, 2.24) is 4.98 Å². The first-order valence-electron chi connectivity index (χ1n) is 5.29. The van der Waals surface area contributed by atoms with Crippen molar-refractivity contribution < 1.29 is 9.53 Å². The molecule has 1 aromatic heterocycles. The van der Waals surface area contributed by atoms with E-state index in [1.807, 2.05) is 12.1 Å². The van der Waals surface area contributed by atoms with Crippen LogP contribution in [0.5, 0.6) is 0 Å². The van der Waals surface area contributed by atoms with Crippen LogP contribution in [0.4, 0.5) is 5.69 Å². The highest BCUT2D eigenvalue weighted by Crippen LogP contribution is 2.17. The molecule has 0 atom stereocenters. The van der Waals surface area contributed by atoms with Gasteiger partial charge in [-0.1, -0.05) is 29.8 Å². The van der Waals surface area contributed by atoms with Crippen LogP contribution in [0.3, 0.4) is 0 Å². The van der Waals surface area contributed by atoms with Gasteiger partial charge in [-0.15, -0.1) is 0 Å². The molecule has 4 nitrogen and oxygen atoms in total. The normalized spacial score (nSPS) is 10.1. The summed E-state index contributed by atoms with van der Waals surface area (Å²) in [7, 11) is 0. The average Bonchev–Trinajstić information content (AvgIpc) is 2.38. The van der Waals surface area contributed by atoms with Crippen LogP contribution in [-0.2, 0) is 11.3 Å². The molecular formula is C13H11ClN2O2. The Balaban J connectivity index is 2.06. The maximum absolute atomic E-state index is 11.7. The molecule has 92 valence electrons. The van der Waals surface area contributed by atoms with Crippen LogP contribution >= 0.6 is 11.6 Å². The van der Waals surface area contributed by atoms with E-state index in [1.165, 1.54) is 6.20 Å². The van der Waals surface area contributed by atoms with Crippen molar-refractivity contribution in [2.24, 2.45) is 0 Å². The first kappa shape index (κ1) is 12.4. The highest BCUT2D eigenvalue weighted by atomic mass is 35.5. The van der Waals surface area contributed by atoms with E-state index in [4.69, 9.17) is 22.1 Å². The zero-order valence-corrected chi connectivity index (χ0v) is 10.2. The van der Waals surface area contributed by atoms with Crippen molar-refractivity contribution in [3.63, 3.8) is 0 Å². The van der Waals surface area contributed by atoms with E-state index in [-0.39, 0.29) is 12.3 Å². The van der Waals surface area contributed by atoms with E-state index in [9.17, 15) is 4.79 Å². The summed E-state index contributed by atoms with van der Waals surface area (Å²) in [4.78, 5) is 15.6. The van der Waals surface area contributed by atoms with Crippen molar-refractivity contribution in [1.29, 1.82) is 0 Å². The Kier molecular flexibility index (Phi) is 3.79. The highest BCUT2D eigenvalue weighted by Gasteiger charge is 2.12. The van der Waals surface area contributed by atoms with Crippen molar-refractivity contribution >= 4 is 23.3 Å². The van der Waals surface area contributed by atoms with Crippen LogP contribution in [0, 0.1) is 0 Å². The second-order valence-electron chi connectivity index (χ2n) is 3.61. The molecule has 0 fully saturated rings. The van der Waals surface area contributed by atoms with Gasteiger partial charge >= 0.3 is 5.97 Å². The first-order valence-corrected chi connectivity index (χ1v) is 5.67. The number of anilines is 1. The molecule has 0 bridgehead atoms. The maximum atomic E-state index is 11.7. The van der Waals surface area contributed by atoms with E-state index in [2.05, 4.69) is 4.98 Å². The summed E-state index contributed by atoms with van der Waals surface area (Å²) in [6, 6.07) is 10.4. The molecule has 0 saturated heterocycles. The standard InChI is InChI=1S/C13H11ClN2O2/c14-10-5-2-1-4-9(10)8-18-13(17)12-11(15)6-3-7-16-12/h1-7H,8,15H2. The summed E-state index contributed by atoms with van der Waals surface area (Å²) in [6.45, 7) is 0.0918. The van der Waals surface area contributed by atoms with E-state index < -0.39 is 5.97 Å². The monoisotopic (exact) mass is 262 g/mol. The number of pyridine rings is 1. The topological polar surface area (TPSA) is 65.2 Å². The molecule has 0 amide bonds. The van der Waals surface area contributed by atoms with Gasteiger partial charge in [0.25, 0.3) is 0 Å². The zero-order valence-electron chi connectivity index (χ0n) is 9.47. The lowest BCUT2D eigenvalue weighted by atomic mass is 10.2. The van der Waals surface area contributed by atoms with E-state index in [1.54, 1.807) is 24.3 Å². The van der Waals surface area contributed by atoms with E-state index >= 15 is 0 Å². The van der Waals surface area contributed by atoms with Gasteiger partial charge < -0.3 is 10.5 Å². The summed E-state index contributed by atoms with van der Waals surface area (Å²) >= 11 is 5.95. The molecule has 18 heavy (non-hydrogen) atoms. The van der Waals surface area contributed by atoms with Crippen LogP contribution in [0.2, 0.25) is 5.02 Å². The molecule has 2 aromatic rings. The molecule has 0 spiro atoms. The molecule has 1 heterocycles.